The molecule has 0 rings (SSSR count). The van der Waals surface area contributed by atoms with Crippen LogP contribution in [0.5, 0.6) is 0 Å². The van der Waals surface area contributed by atoms with E-state index in [1.165, 1.54) is 6.08 Å². The first-order valence-corrected chi connectivity index (χ1v) is 6.54. The van der Waals surface area contributed by atoms with Gasteiger partial charge in [-0.15, -0.1) is 0 Å². The quantitative estimate of drug-likeness (QED) is 0.288. The minimum atomic E-state index is -0.836. The Balaban J connectivity index is 3.93. The van der Waals surface area contributed by atoms with Crippen LogP contribution in [0.25, 0.3) is 0 Å². The van der Waals surface area contributed by atoms with Gasteiger partial charge in [0.15, 0.2) is 5.78 Å². The van der Waals surface area contributed by atoms with Gasteiger partial charge in [-0.3, -0.25) is 14.6 Å². The summed E-state index contributed by atoms with van der Waals surface area (Å²) >= 11 is 0. The van der Waals surface area contributed by atoms with Crippen molar-refractivity contribution in [1.29, 1.82) is 0 Å². The Hall–Kier alpha value is -1.65. The van der Waals surface area contributed by atoms with E-state index < -0.39 is 5.54 Å². The summed E-state index contributed by atoms with van der Waals surface area (Å²) in [5, 5.41) is 2.63. The fraction of sp³-hybridized carbons (Fsp3) is 0.643. The lowest BCUT2D eigenvalue weighted by Crippen LogP contribution is -2.49. The van der Waals surface area contributed by atoms with E-state index in [2.05, 4.69) is 16.9 Å². The number of carbonyl (C=O) groups excluding carboxylic acids is 2. The van der Waals surface area contributed by atoms with E-state index in [9.17, 15) is 9.59 Å². The van der Waals surface area contributed by atoms with Gasteiger partial charge in [-0.25, -0.2) is 0 Å². The highest BCUT2D eigenvalue weighted by atomic mass is 16.2. The highest BCUT2D eigenvalue weighted by Gasteiger charge is 2.27. The van der Waals surface area contributed by atoms with Gasteiger partial charge >= 0.3 is 0 Å². The second-order valence-electron chi connectivity index (χ2n) is 5.08. The molecule has 0 aromatic heterocycles. The van der Waals surface area contributed by atoms with Crippen LogP contribution in [-0.4, -0.2) is 29.6 Å². The summed E-state index contributed by atoms with van der Waals surface area (Å²) in [5.74, 6) is 0.289. The second kappa shape index (κ2) is 8.45. The van der Waals surface area contributed by atoms with Crippen molar-refractivity contribution in [2.75, 3.05) is 6.54 Å². The molecular formula is C14H25N3O2. The Morgan fingerprint density at radius 1 is 1.32 bits per heavy atom. The maximum atomic E-state index is 12.0. The summed E-state index contributed by atoms with van der Waals surface area (Å²) in [4.78, 5) is 27.2. The number of amides is 1. The Morgan fingerprint density at radius 2 is 1.95 bits per heavy atom. The number of hydrogen-bond acceptors (Lipinski definition) is 3. The van der Waals surface area contributed by atoms with E-state index in [1.807, 2.05) is 0 Å². The number of hydrogen-bond donors (Lipinski definition) is 2. The van der Waals surface area contributed by atoms with E-state index in [0.29, 0.717) is 18.8 Å². The van der Waals surface area contributed by atoms with Crippen LogP contribution < -0.4 is 11.1 Å². The standard InChI is InChI=1S/C14H25N3O2/c1-5-13(19)17-14(3,4)12(18)9-7-6-8-10-16-11(2)15/h5H,1,6-10H2,2-4H3,(H2,15,16)(H,17,19). The highest BCUT2D eigenvalue weighted by Crippen LogP contribution is 2.11. The fourth-order valence-corrected chi connectivity index (χ4v) is 1.57. The first-order chi connectivity index (χ1) is 8.79. The van der Waals surface area contributed by atoms with Gasteiger partial charge in [0.25, 0.3) is 0 Å². The zero-order valence-electron chi connectivity index (χ0n) is 12.2. The monoisotopic (exact) mass is 267 g/mol. The summed E-state index contributed by atoms with van der Waals surface area (Å²) in [5.41, 5.74) is 4.58. The molecule has 108 valence electrons. The predicted octanol–water partition coefficient (Wildman–Crippen LogP) is 1.57. The molecule has 5 nitrogen and oxygen atoms in total. The number of nitrogens with two attached hydrogens (primary N) is 1. The maximum absolute atomic E-state index is 12.0. The van der Waals surface area contributed by atoms with Crippen molar-refractivity contribution in [3.63, 3.8) is 0 Å². The number of amidine groups is 1. The Morgan fingerprint density at radius 3 is 2.47 bits per heavy atom. The van der Waals surface area contributed by atoms with Crippen molar-refractivity contribution in [3.05, 3.63) is 12.7 Å². The first-order valence-electron chi connectivity index (χ1n) is 6.54. The lowest BCUT2D eigenvalue weighted by atomic mass is 9.94. The average molecular weight is 267 g/mol. The number of carbonyl (C=O) groups is 2. The molecule has 0 aliphatic carbocycles. The fourth-order valence-electron chi connectivity index (χ4n) is 1.57. The zero-order chi connectivity index (χ0) is 14.9. The van der Waals surface area contributed by atoms with Gasteiger partial charge in [0.1, 0.15) is 0 Å². The molecule has 5 heteroatoms. The van der Waals surface area contributed by atoms with E-state index in [4.69, 9.17) is 5.73 Å². The summed E-state index contributed by atoms with van der Waals surface area (Å²) in [6.07, 6.45) is 4.26. The van der Waals surface area contributed by atoms with E-state index in [-0.39, 0.29) is 11.7 Å². The smallest absolute Gasteiger partial charge is 0.244 e. The van der Waals surface area contributed by atoms with Crippen LogP contribution in [-0.2, 0) is 9.59 Å². The topological polar surface area (TPSA) is 84.5 Å². The molecule has 0 radical (unpaired) electrons. The van der Waals surface area contributed by atoms with Crippen LogP contribution in [0.15, 0.2) is 17.6 Å². The van der Waals surface area contributed by atoms with Crippen molar-refractivity contribution in [3.8, 4) is 0 Å². The van der Waals surface area contributed by atoms with Crippen molar-refractivity contribution in [1.82, 2.24) is 5.32 Å². The van der Waals surface area contributed by atoms with Crippen LogP contribution in [0, 0.1) is 0 Å². The summed E-state index contributed by atoms with van der Waals surface area (Å²) < 4.78 is 0. The number of ketones is 1. The third-order valence-electron chi connectivity index (χ3n) is 2.74. The molecule has 0 aliphatic rings. The number of rotatable bonds is 9. The van der Waals surface area contributed by atoms with Gasteiger partial charge in [-0.05, 0) is 39.7 Å². The number of aliphatic imine (C=N–C) groups is 1. The Labute approximate surface area is 115 Å². The molecule has 1 amide bonds. The molecule has 0 spiro atoms. The molecule has 19 heavy (non-hydrogen) atoms. The van der Waals surface area contributed by atoms with Gasteiger partial charge in [-0.1, -0.05) is 13.0 Å². The largest absolute Gasteiger partial charge is 0.388 e. The van der Waals surface area contributed by atoms with Crippen LogP contribution in [0.2, 0.25) is 0 Å². The van der Waals surface area contributed by atoms with E-state index in [0.717, 1.165) is 19.3 Å². The Bertz CT molecular complexity index is 356. The molecular weight excluding hydrogens is 242 g/mol. The summed E-state index contributed by atoms with van der Waals surface area (Å²) in [6, 6.07) is 0. The number of Topliss-reactive ketones (excluding diaryl/α,β-unsaturated/α-hetero) is 1. The van der Waals surface area contributed by atoms with Crippen LogP contribution in [0.3, 0.4) is 0 Å². The van der Waals surface area contributed by atoms with Gasteiger partial charge in [0.2, 0.25) is 5.91 Å². The molecule has 0 bridgehead atoms. The molecule has 0 heterocycles. The van der Waals surface area contributed by atoms with Crippen LogP contribution in [0.1, 0.15) is 46.5 Å². The lowest BCUT2D eigenvalue weighted by molar-refractivity contribution is -0.129. The molecule has 3 N–H and O–H groups in total. The number of unbranched alkanes of at least 4 members (excludes halogenated alkanes) is 2. The van der Waals surface area contributed by atoms with Crippen molar-refractivity contribution >= 4 is 17.5 Å². The molecule has 0 aromatic rings. The minimum absolute atomic E-state index is 0.0289. The van der Waals surface area contributed by atoms with Crippen LogP contribution in [0.4, 0.5) is 0 Å². The van der Waals surface area contributed by atoms with E-state index in [1.54, 1.807) is 20.8 Å². The molecule has 0 aliphatic heterocycles. The molecule has 0 unspecified atom stereocenters. The van der Waals surface area contributed by atoms with Gasteiger partial charge in [0.05, 0.1) is 11.4 Å². The van der Waals surface area contributed by atoms with Crippen molar-refractivity contribution in [2.24, 2.45) is 10.7 Å². The summed E-state index contributed by atoms with van der Waals surface area (Å²) in [6.45, 7) is 9.24. The third kappa shape index (κ3) is 8.13. The maximum Gasteiger partial charge on any atom is 0.244 e. The number of nitrogens with one attached hydrogen (secondary N) is 1. The predicted molar refractivity (Wildman–Crippen MR) is 78.1 cm³/mol. The molecule has 0 saturated heterocycles. The highest BCUT2D eigenvalue weighted by molar-refractivity contribution is 5.95. The lowest BCUT2D eigenvalue weighted by Gasteiger charge is -2.24. The molecule has 0 aromatic carbocycles. The number of nitrogens with zero attached hydrogens (tertiary/aromatic N) is 1. The third-order valence-corrected chi connectivity index (χ3v) is 2.74. The van der Waals surface area contributed by atoms with Gasteiger partial charge in [0, 0.05) is 13.0 Å². The van der Waals surface area contributed by atoms with Crippen molar-refractivity contribution < 1.29 is 9.59 Å². The van der Waals surface area contributed by atoms with E-state index >= 15 is 0 Å². The van der Waals surface area contributed by atoms with Gasteiger partial charge < -0.3 is 11.1 Å². The normalized spacial score (nSPS) is 12.1. The average Bonchev–Trinajstić information content (AvgIpc) is 2.32. The van der Waals surface area contributed by atoms with Gasteiger partial charge in [-0.2, -0.15) is 0 Å². The van der Waals surface area contributed by atoms with Crippen molar-refractivity contribution in [2.45, 2.75) is 52.0 Å². The summed E-state index contributed by atoms with van der Waals surface area (Å²) in [7, 11) is 0. The molecule has 0 saturated carbocycles. The minimum Gasteiger partial charge on any atom is -0.388 e. The second-order valence-corrected chi connectivity index (χ2v) is 5.08. The zero-order valence-corrected chi connectivity index (χ0v) is 12.2. The molecule has 0 fully saturated rings. The molecule has 0 atom stereocenters. The van der Waals surface area contributed by atoms with Crippen LogP contribution >= 0.6 is 0 Å². The first kappa shape index (κ1) is 17.4. The SMILES string of the molecule is C=CC(=O)NC(C)(C)C(=O)CCCCCN=C(C)N. The Kier molecular flexibility index (Phi) is 7.72.